The minimum Gasteiger partial charge on any atom is -0.477 e. The van der Waals surface area contributed by atoms with Crippen molar-refractivity contribution in [2.75, 3.05) is 17.7 Å². The lowest BCUT2D eigenvalue weighted by Gasteiger charge is -2.19. The molecule has 32 heavy (non-hydrogen) atoms. The number of hydrogen-bond acceptors (Lipinski definition) is 9. The third-order valence-corrected chi connectivity index (χ3v) is 4.45. The Morgan fingerprint density at radius 2 is 2.00 bits per heavy atom. The average Bonchev–Trinajstić information content (AvgIpc) is 2.75. The summed E-state index contributed by atoms with van der Waals surface area (Å²) in [5.74, 6) is 0.837. The molecule has 166 valence electrons. The van der Waals surface area contributed by atoms with Crippen molar-refractivity contribution in [3.05, 3.63) is 76.6 Å². The van der Waals surface area contributed by atoms with Gasteiger partial charge in [-0.2, -0.15) is 4.98 Å². The number of hydrogen-bond donors (Lipinski definition) is 3. The van der Waals surface area contributed by atoms with E-state index in [1.165, 1.54) is 28.7 Å². The zero-order valence-electron chi connectivity index (χ0n) is 18.2. The van der Waals surface area contributed by atoms with E-state index < -0.39 is 5.69 Å². The number of aromatic nitrogens is 4. The SMILES string of the molecule is Cc1ccc(N=CC=C(N)OCC(C)Nc2ncnc(C)c2-n2ccc(N)nc2=O)cc1. The minimum atomic E-state index is -0.519. The summed E-state index contributed by atoms with van der Waals surface area (Å²) in [5.41, 5.74) is 14.1. The van der Waals surface area contributed by atoms with Gasteiger partial charge in [0.05, 0.1) is 17.4 Å². The van der Waals surface area contributed by atoms with Crippen molar-refractivity contribution in [2.45, 2.75) is 26.8 Å². The Kier molecular flexibility index (Phi) is 7.17. The third kappa shape index (κ3) is 5.91. The van der Waals surface area contributed by atoms with Crippen molar-refractivity contribution in [1.82, 2.24) is 19.5 Å². The van der Waals surface area contributed by atoms with Crippen molar-refractivity contribution in [3.8, 4) is 5.69 Å². The van der Waals surface area contributed by atoms with E-state index in [4.69, 9.17) is 16.2 Å². The molecule has 0 aliphatic heterocycles. The van der Waals surface area contributed by atoms with Gasteiger partial charge in [-0.1, -0.05) is 17.7 Å². The maximum absolute atomic E-state index is 12.3. The molecule has 2 heterocycles. The zero-order chi connectivity index (χ0) is 23.1. The van der Waals surface area contributed by atoms with E-state index in [9.17, 15) is 4.79 Å². The van der Waals surface area contributed by atoms with Crippen LogP contribution in [0.15, 0.2) is 64.6 Å². The summed E-state index contributed by atoms with van der Waals surface area (Å²) < 4.78 is 6.94. The lowest BCUT2D eigenvalue weighted by atomic mass is 10.2. The first-order chi connectivity index (χ1) is 15.3. The Morgan fingerprint density at radius 3 is 2.72 bits per heavy atom. The van der Waals surface area contributed by atoms with Crippen LogP contribution in [-0.4, -0.2) is 38.4 Å². The Balaban J connectivity index is 1.65. The molecule has 0 bridgehead atoms. The lowest BCUT2D eigenvalue weighted by molar-refractivity contribution is 0.201. The van der Waals surface area contributed by atoms with E-state index in [1.807, 2.05) is 38.1 Å². The molecule has 1 unspecified atom stereocenters. The third-order valence-electron chi connectivity index (χ3n) is 4.45. The molecule has 0 fully saturated rings. The first-order valence-electron chi connectivity index (χ1n) is 9.96. The number of allylic oxidation sites excluding steroid dienone is 1. The number of nitrogens with two attached hydrogens (primary N) is 2. The maximum atomic E-state index is 12.3. The monoisotopic (exact) mass is 434 g/mol. The highest BCUT2D eigenvalue weighted by Crippen LogP contribution is 2.19. The van der Waals surface area contributed by atoms with Gasteiger partial charge in [0, 0.05) is 18.5 Å². The van der Waals surface area contributed by atoms with Crippen LogP contribution in [0.4, 0.5) is 17.3 Å². The van der Waals surface area contributed by atoms with Crippen LogP contribution in [-0.2, 0) is 4.74 Å². The van der Waals surface area contributed by atoms with Gasteiger partial charge >= 0.3 is 5.69 Å². The van der Waals surface area contributed by atoms with Crippen molar-refractivity contribution in [1.29, 1.82) is 0 Å². The molecule has 2 aromatic heterocycles. The fourth-order valence-corrected chi connectivity index (χ4v) is 2.82. The molecule has 0 radical (unpaired) electrons. The summed E-state index contributed by atoms with van der Waals surface area (Å²) in [5, 5.41) is 3.22. The first kappa shape index (κ1) is 22.5. The molecule has 10 heteroatoms. The van der Waals surface area contributed by atoms with E-state index >= 15 is 0 Å². The predicted molar refractivity (Wildman–Crippen MR) is 125 cm³/mol. The molecular weight excluding hydrogens is 408 g/mol. The van der Waals surface area contributed by atoms with Crippen molar-refractivity contribution in [3.63, 3.8) is 0 Å². The molecule has 0 aliphatic rings. The second kappa shape index (κ2) is 10.2. The van der Waals surface area contributed by atoms with Gasteiger partial charge in [-0.15, -0.1) is 0 Å². The van der Waals surface area contributed by atoms with Crippen LogP contribution < -0.4 is 22.5 Å². The number of aliphatic imine (C=N–C) groups is 1. The van der Waals surface area contributed by atoms with E-state index in [0.717, 1.165) is 5.69 Å². The molecular formula is C22H26N8O2. The van der Waals surface area contributed by atoms with E-state index in [1.54, 1.807) is 19.2 Å². The summed E-state index contributed by atoms with van der Waals surface area (Å²) >= 11 is 0. The topological polar surface area (TPSA) is 146 Å². The van der Waals surface area contributed by atoms with Gasteiger partial charge in [-0.25, -0.2) is 14.8 Å². The van der Waals surface area contributed by atoms with Gasteiger partial charge in [0.1, 0.15) is 24.4 Å². The van der Waals surface area contributed by atoms with Gasteiger partial charge < -0.3 is 21.5 Å². The van der Waals surface area contributed by atoms with Gasteiger partial charge in [0.15, 0.2) is 11.7 Å². The summed E-state index contributed by atoms with van der Waals surface area (Å²) in [6, 6.07) is 9.18. The largest absolute Gasteiger partial charge is 0.477 e. The second-order valence-electron chi connectivity index (χ2n) is 7.20. The van der Waals surface area contributed by atoms with Crippen LogP contribution in [0, 0.1) is 13.8 Å². The Bertz CT molecular complexity index is 1190. The van der Waals surface area contributed by atoms with Crippen LogP contribution in [0.5, 0.6) is 0 Å². The number of rotatable bonds is 8. The van der Waals surface area contributed by atoms with Crippen LogP contribution in [0.3, 0.4) is 0 Å². The molecule has 5 N–H and O–H groups in total. The fourth-order valence-electron chi connectivity index (χ4n) is 2.82. The number of anilines is 2. The molecule has 10 nitrogen and oxygen atoms in total. The highest BCUT2D eigenvalue weighted by atomic mass is 16.5. The molecule has 0 aliphatic carbocycles. The number of nitrogens with zero attached hydrogens (tertiary/aromatic N) is 5. The summed E-state index contributed by atoms with van der Waals surface area (Å²) in [6.45, 7) is 5.96. The van der Waals surface area contributed by atoms with E-state index in [0.29, 0.717) is 17.2 Å². The van der Waals surface area contributed by atoms with Crippen molar-refractivity contribution in [2.24, 2.45) is 10.7 Å². The van der Waals surface area contributed by atoms with Crippen LogP contribution in [0.1, 0.15) is 18.2 Å². The number of nitrogens with one attached hydrogen (secondary N) is 1. The van der Waals surface area contributed by atoms with Crippen LogP contribution in [0.2, 0.25) is 0 Å². The maximum Gasteiger partial charge on any atom is 0.354 e. The standard InChI is InChI=1S/C22H26N8O2/c1-14-4-6-17(7-5-14)25-10-8-19(24)32-12-15(2)28-21-20(16(3)26-13-27-21)30-11-9-18(23)29-22(30)31/h4-11,13,15H,12,24H2,1-3H3,(H2,23,29,31)(H,26,27,28). The quantitative estimate of drug-likeness (QED) is 0.361. The molecule has 0 saturated carbocycles. The number of ether oxygens (including phenoxy) is 1. The molecule has 0 saturated heterocycles. The Hall–Kier alpha value is -4.21. The normalized spacial score (nSPS) is 12.7. The van der Waals surface area contributed by atoms with Gasteiger partial charge in [0.25, 0.3) is 0 Å². The van der Waals surface area contributed by atoms with Gasteiger partial charge in [-0.05, 0) is 39.0 Å². The minimum absolute atomic E-state index is 0.144. The lowest BCUT2D eigenvalue weighted by Crippen LogP contribution is -2.27. The first-order valence-corrected chi connectivity index (χ1v) is 9.96. The number of benzene rings is 1. The van der Waals surface area contributed by atoms with Crippen molar-refractivity contribution < 1.29 is 4.74 Å². The molecule has 1 atom stereocenters. The zero-order valence-corrected chi connectivity index (χ0v) is 18.2. The summed E-state index contributed by atoms with van der Waals surface area (Å²) in [6.07, 6.45) is 6.13. The average molecular weight is 435 g/mol. The van der Waals surface area contributed by atoms with Gasteiger partial charge in [0.2, 0.25) is 0 Å². The molecule has 1 aromatic carbocycles. The molecule has 0 amide bonds. The smallest absolute Gasteiger partial charge is 0.354 e. The molecule has 0 spiro atoms. The fraction of sp³-hybridized carbons (Fsp3) is 0.227. The number of nitrogen functional groups attached to an aromatic ring is 1. The number of aryl methyl sites for hydroxylation is 2. The predicted octanol–water partition coefficient (Wildman–Crippen LogP) is 2.24. The molecule has 3 rings (SSSR count). The molecule has 3 aromatic rings. The van der Waals surface area contributed by atoms with Crippen molar-refractivity contribution >= 4 is 23.5 Å². The summed E-state index contributed by atoms with van der Waals surface area (Å²) in [4.78, 5) is 28.8. The van der Waals surface area contributed by atoms with E-state index in [-0.39, 0.29) is 24.3 Å². The highest BCUT2D eigenvalue weighted by molar-refractivity contribution is 5.74. The Morgan fingerprint density at radius 1 is 1.25 bits per heavy atom. The second-order valence-corrected chi connectivity index (χ2v) is 7.20. The summed E-state index contributed by atoms with van der Waals surface area (Å²) in [7, 11) is 0. The highest BCUT2D eigenvalue weighted by Gasteiger charge is 2.15. The van der Waals surface area contributed by atoms with Crippen LogP contribution in [0.25, 0.3) is 5.69 Å². The Labute approximate surface area is 185 Å². The van der Waals surface area contributed by atoms with Crippen LogP contribution >= 0.6 is 0 Å². The van der Waals surface area contributed by atoms with Gasteiger partial charge in [-0.3, -0.25) is 9.56 Å². The van der Waals surface area contributed by atoms with E-state index in [2.05, 4.69) is 25.3 Å².